The summed E-state index contributed by atoms with van der Waals surface area (Å²) in [5.41, 5.74) is -0.239. The number of amides is 1. The molecule has 4 heterocycles. The van der Waals surface area contributed by atoms with Crippen molar-refractivity contribution in [3.63, 3.8) is 0 Å². The SMILES string of the molecule is O=C1CC[C@@H](c2nc(Cn3nc(-c4ccc(Cl)cc4)n(CC(O)C(F)(F)F)c3=O)nn2-c2cnccc2Cl)N1. The van der Waals surface area contributed by atoms with E-state index in [2.05, 4.69) is 25.5 Å². The van der Waals surface area contributed by atoms with Gasteiger partial charge in [-0.25, -0.2) is 19.1 Å². The first-order valence-electron chi connectivity index (χ1n) is 11.5. The molecule has 1 saturated heterocycles. The first-order chi connectivity index (χ1) is 18.5. The molecule has 1 aliphatic heterocycles. The van der Waals surface area contributed by atoms with Crippen molar-refractivity contribution < 1.29 is 23.1 Å². The van der Waals surface area contributed by atoms with Gasteiger partial charge in [-0.05, 0) is 36.8 Å². The van der Waals surface area contributed by atoms with Gasteiger partial charge in [-0.3, -0.25) is 14.3 Å². The van der Waals surface area contributed by atoms with Crippen molar-refractivity contribution in [2.75, 3.05) is 0 Å². The highest BCUT2D eigenvalue weighted by Gasteiger charge is 2.39. The van der Waals surface area contributed by atoms with E-state index >= 15 is 0 Å². The number of nitrogens with one attached hydrogen (secondary N) is 1. The van der Waals surface area contributed by atoms with Gasteiger partial charge in [0.2, 0.25) is 5.91 Å². The maximum absolute atomic E-state index is 13.2. The van der Waals surface area contributed by atoms with Gasteiger partial charge in [0.25, 0.3) is 0 Å². The molecule has 2 atom stereocenters. The van der Waals surface area contributed by atoms with Crippen LogP contribution in [0.4, 0.5) is 13.2 Å². The summed E-state index contributed by atoms with van der Waals surface area (Å²) < 4.78 is 42.5. The van der Waals surface area contributed by atoms with Crippen molar-refractivity contribution >= 4 is 29.1 Å². The zero-order valence-electron chi connectivity index (χ0n) is 19.8. The molecule has 11 nitrogen and oxygen atoms in total. The van der Waals surface area contributed by atoms with Gasteiger partial charge in [0.05, 0.1) is 23.8 Å². The number of alkyl halides is 3. The fourth-order valence-electron chi connectivity index (χ4n) is 4.10. The molecule has 0 aliphatic carbocycles. The van der Waals surface area contributed by atoms with Crippen LogP contribution in [0, 0.1) is 0 Å². The molecular formula is C23H19Cl2F3N8O3. The summed E-state index contributed by atoms with van der Waals surface area (Å²) in [6.07, 6.45) is -4.09. The molecule has 1 unspecified atom stereocenters. The predicted octanol–water partition coefficient (Wildman–Crippen LogP) is 2.92. The topological polar surface area (TPSA) is 133 Å². The maximum Gasteiger partial charge on any atom is 0.416 e. The van der Waals surface area contributed by atoms with Crippen LogP contribution in [0.1, 0.15) is 30.5 Å². The Morgan fingerprint density at radius 3 is 2.51 bits per heavy atom. The van der Waals surface area contributed by atoms with E-state index in [1.807, 2.05) is 0 Å². The highest BCUT2D eigenvalue weighted by atomic mass is 35.5. The van der Waals surface area contributed by atoms with Crippen LogP contribution < -0.4 is 11.0 Å². The van der Waals surface area contributed by atoms with Gasteiger partial charge < -0.3 is 10.4 Å². The van der Waals surface area contributed by atoms with E-state index in [-0.39, 0.29) is 30.5 Å². The minimum atomic E-state index is -4.96. The van der Waals surface area contributed by atoms with E-state index in [1.54, 1.807) is 6.07 Å². The van der Waals surface area contributed by atoms with Crippen molar-refractivity contribution in [2.45, 2.75) is 44.3 Å². The number of aliphatic hydroxyl groups is 1. The molecule has 4 aromatic rings. The average molecular weight is 583 g/mol. The number of rotatable bonds is 7. The van der Waals surface area contributed by atoms with Crippen LogP contribution in [0.2, 0.25) is 10.0 Å². The van der Waals surface area contributed by atoms with Gasteiger partial charge in [0, 0.05) is 23.2 Å². The second-order valence-corrected chi connectivity index (χ2v) is 9.57. The Bertz CT molecular complexity index is 1580. The molecule has 16 heteroatoms. The van der Waals surface area contributed by atoms with Gasteiger partial charge in [0.1, 0.15) is 12.2 Å². The number of benzene rings is 1. The molecule has 1 fully saturated rings. The number of hydrogen-bond acceptors (Lipinski definition) is 7. The molecule has 204 valence electrons. The highest BCUT2D eigenvalue weighted by Crippen LogP contribution is 2.28. The van der Waals surface area contributed by atoms with E-state index in [0.29, 0.717) is 33.5 Å². The summed E-state index contributed by atoms with van der Waals surface area (Å²) in [5.74, 6) is 0.137. The molecule has 1 amide bonds. The quantitative estimate of drug-likeness (QED) is 0.342. The minimum absolute atomic E-state index is 0.0804. The number of pyridine rings is 1. The number of aliphatic hydroxyl groups excluding tert-OH is 1. The average Bonchev–Trinajstić information content (AvgIpc) is 3.58. The van der Waals surface area contributed by atoms with Crippen LogP contribution in [0.3, 0.4) is 0 Å². The second kappa shape index (κ2) is 10.4. The number of carbonyl (C=O) groups excluding carboxylic acids is 1. The first-order valence-corrected chi connectivity index (χ1v) is 12.3. The van der Waals surface area contributed by atoms with Crippen molar-refractivity contribution in [2.24, 2.45) is 0 Å². The Morgan fingerprint density at radius 2 is 1.87 bits per heavy atom. The summed E-state index contributed by atoms with van der Waals surface area (Å²) in [4.78, 5) is 33.6. The fraction of sp³-hybridized carbons (Fsp3) is 0.304. The monoisotopic (exact) mass is 582 g/mol. The molecule has 1 aliphatic rings. The summed E-state index contributed by atoms with van der Waals surface area (Å²) in [5, 5.41) is 21.8. The zero-order chi connectivity index (χ0) is 27.9. The standard InChI is InChI=1S/C23H19Cl2F3N8O3/c24-13-3-1-12(2-4-13)20-33-35(22(39)34(20)10-17(37)23(26,27)28)11-18-31-21(15-5-6-19(38)30-15)36(32-18)16-9-29-8-7-14(16)25/h1-4,7-9,15,17,37H,5-6,10-11H2,(H,30,38)/t15-,17?/m0/s1. The van der Waals surface area contributed by atoms with Crippen LogP contribution in [0.25, 0.3) is 17.1 Å². The molecule has 3 aromatic heterocycles. The molecule has 39 heavy (non-hydrogen) atoms. The lowest BCUT2D eigenvalue weighted by Crippen LogP contribution is -2.37. The van der Waals surface area contributed by atoms with Gasteiger partial charge >= 0.3 is 11.9 Å². The van der Waals surface area contributed by atoms with Gasteiger partial charge in [-0.2, -0.15) is 13.2 Å². The Hall–Kier alpha value is -3.75. The van der Waals surface area contributed by atoms with Crippen molar-refractivity contribution in [3.8, 4) is 17.1 Å². The number of nitrogens with zero attached hydrogens (tertiary/aromatic N) is 7. The van der Waals surface area contributed by atoms with Crippen molar-refractivity contribution in [1.29, 1.82) is 0 Å². The van der Waals surface area contributed by atoms with Crippen molar-refractivity contribution in [3.05, 3.63) is 74.9 Å². The maximum atomic E-state index is 13.2. The largest absolute Gasteiger partial charge is 0.416 e. The highest BCUT2D eigenvalue weighted by molar-refractivity contribution is 6.32. The molecule has 2 N–H and O–H groups in total. The molecule has 0 spiro atoms. The van der Waals surface area contributed by atoms with Crippen LogP contribution in [-0.2, 0) is 17.9 Å². The molecule has 0 saturated carbocycles. The Labute approximate surface area is 227 Å². The van der Waals surface area contributed by atoms with E-state index in [4.69, 9.17) is 23.2 Å². The molecule has 0 radical (unpaired) electrons. The summed E-state index contributed by atoms with van der Waals surface area (Å²) >= 11 is 12.3. The minimum Gasteiger partial charge on any atom is -0.382 e. The van der Waals surface area contributed by atoms with Gasteiger partial charge in [0.15, 0.2) is 23.6 Å². The Morgan fingerprint density at radius 1 is 1.13 bits per heavy atom. The normalized spacial score (nSPS) is 16.5. The fourth-order valence-corrected chi connectivity index (χ4v) is 4.41. The van der Waals surface area contributed by atoms with Crippen molar-refractivity contribution in [1.82, 2.24) is 39.4 Å². The molecule has 5 rings (SSSR count). The lowest BCUT2D eigenvalue weighted by molar-refractivity contribution is -0.207. The Balaban J connectivity index is 1.57. The predicted molar refractivity (Wildman–Crippen MR) is 132 cm³/mol. The van der Waals surface area contributed by atoms with Crippen LogP contribution in [-0.4, -0.2) is 57.4 Å². The van der Waals surface area contributed by atoms with Gasteiger partial charge in [-0.1, -0.05) is 23.2 Å². The van der Waals surface area contributed by atoms with E-state index in [1.165, 1.54) is 41.3 Å². The zero-order valence-corrected chi connectivity index (χ0v) is 21.3. The summed E-state index contributed by atoms with van der Waals surface area (Å²) in [6.45, 7) is -1.40. The first kappa shape index (κ1) is 26.8. The lowest BCUT2D eigenvalue weighted by atomic mass is 10.2. The molecular weight excluding hydrogens is 564 g/mol. The van der Waals surface area contributed by atoms with Crippen LogP contribution >= 0.6 is 23.2 Å². The second-order valence-electron chi connectivity index (χ2n) is 8.72. The molecule has 1 aromatic carbocycles. The third-order valence-electron chi connectivity index (χ3n) is 6.01. The smallest absolute Gasteiger partial charge is 0.382 e. The van der Waals surface area contributed by atoms with E-state index in [0.717, 1.165) is 9.25 Å². The Kier molecular flexibility index (Phi) is 7.18. The lowest BCUT2D eigenvalue weighted by Gasteiger charge is -2.15. The number of carbonyl (C=O) groups is 1. The third-order valence-corrected chi connectivity index (χ3v) is 6.58. The summed E-state index contributed by atoms with van der Waals surface area (Å²) in [6, 6.07) is 7.02. The number of aromatic nitrogens is 7. The molecule has 0 bridgehead atoms. The number of halogens is 5. The van der Waals surface area contributed by atoms with E-state index < -0.39 is 30.6 Å². The number of hydrogen-bond donors (Lipinski definition) is 2. The van der Waals surface area contributed by atoms with E-state index in [9.17, 15) is 27.9 Å². The van der Waals surface area contributed by atoms with Crippen LogP contribution in [0.15, 0.2) is 47.5 Å². The van der Waals surface area contributed by atoms with Gasteiger partial charge in [-0.15, -0.1) is 10.2 Å². The summed E-state index contributed by atoms with van der Waals surface area (Å²) in [7, 11) is 0. The van der Waals surface area contributed by atoms with Crippen LogP contribution in [0.5, 0.6) is 0 Å². The third kappa shape index (κ3) is 5.53.